The minimum absolute atomic E-state index is 0.0168. The highest BCUT2D eigenvalue weighted by Gasteiger charge is 2.56. The van der Waals surface area contributed by atoms with Gasteiger partial charge < -0.3 is 121 Å². The van der Waals surface area contributed by atoms with Crippen molar-refractivity contribution in [3.8, 4) is 16.9 Å². The molecule has 3 heterocycles. The van der Waals surface area contributed by atoms with Crippen molar-refractivity contribution in [2.45, 2.75) is 127 Å². The van der Waals surface area contributed by atoms with Crippen molar-refractivity contribution in [1.82, 2.24) is 25.8 Å². The van der Waals surface area contributed by atoms with Crippen molar-refractivity contribution < 1.29 is 138 Å². The van der Waals surface area contributed by atoms with Crippen molar-refractivity contribution in [2.24, 2.45) is 0 Å². The van der Waals surface area contributed by atoms with E-state index in [2.05, 4.69) is 22.5 Å². The number of methoxy groups -OCH3 is 1. The summed E-state index contributed by atoms with van der Waals surface area (Å²) in [6, 6.07) is 18.5. The molecule has 4 aliphatic rings. The van der Waals surface area contributed by atoms with Gasteiger partial charge in [0.15, 0.2) is 18.3 Å². The number of nitrogens with zero attached hydrogens (tertiary/aromatic N) is 2. The number of nitrogens with one attached hydrogen (secondary N) is 3. The molecule has 34 heteroatoms. The summed E-state index contributed by atoms with van der Waals surface area (Å²) in [6.45, 7) is 16.2. The van der Waals surface area contributed by atoms with Crippen LogP contribution in [0.1, 0.15) is 87.5 Å². The second-order valence-electron chi connectivity index (χ2n) is 26.1. The first-order valence-corrected chi connectivity index (χ1v) is 37.9. The van der Waals surface area contributed by atoms with Crippen LogP contribution in [-0.2, 0) is 137 Å². The van der Waals surface area contributed by atoms with E-state index in [1.54, 1.807) is 16.9 Å². The average Bonchev–Trinajstić information content (AvgIpc) is 1.44. The van der Waals surface area contributed by atoms with Crippen molar-refractivity contribution >= 4 is 53.6 Å². The summed E-state index contributed by atoms with van der Waals surface area (Å²) in [5, 5.41) is 18.3. The van der Waals surface area contributed by atoms with Crippen LogP contribution in [0.2, 0.25) is 0 Å². The van der Waals surface area contributed by atoms with Crippen LogP contribution in [0.3, 0.4) is 0 Å². The van der Waals surface area contributed by atoms with Gasteiger partial charge in [0.1, 0.15) is 25.0 Å². The molecule has 0 radical (unpaired) electrons. The highest BCUT2D eigenvalue weighted by molar-refractivity contribution is 5.87. The van der Waals surface area contributed by atoms with E-state index in [4.69, 9.17) is 90.0 Å². The third-order valence-electron chi connectivity index (χ3n) is 18.0. The van der Waals surface area contributed by atoms with Gasteiger partial charge in [0.05, 0.1) is 177 Å². The van der Waals surface area contributed by atoms with E-state index in [0.29, 0.717) is 170 Å². The number of aliphatic hydroxyl groups excluding tert-OH is 1. The topological polar surface area (TPSA) is 392 Å². The molecule has 3 saturated heterocycles. The van der Waals surface area contributed by atoms with Crippen molar-refractivity contribution in [2.75, 3.05) is 192 Å². The maximum absolute atomic E-state index is 14.1. The number of carbonyl (C=O) groups is 9. The fourth-order valence-electron chi connectivity index (χ4n) is 12.8. The van der Waals surface area contributed by atoms with Gasteiger partial charge in [-0.25, -0.2) is 9.59 Å². The van der Waals surface area contributed by atoms with E-state index in [0.717, 1.165) is 43.0 Å². The molecule has 34 nitrogen and oxygen atoms in total. The first-order chi connectivity index (χ1) is 54.5. The standard InChI is InChI=1S/C78H111N5O29/c1-6-23-106-76(92)73-71(108-54(2)85)72(109-55(3)86)74(110-56(4)87)77(112-73)111-67-19-18-57(52-84)47-58(67)49-80-68(88)20-22-79-75(91)66(81-78(93)107-53-65-63-14-9-7-12-61(63)62-13-8-10-15-64(62)65)16-11-17-69(89)82-50-60-48-59(82)51-83(60)70(90)21-24-95-27-28-97-31-32-99-35-36-101-39-40-103-43-44-105-46-45-104-42-41-102-38-37-100-34-33-98-30-29-96-26-25-94-5/h6-10,12-15,18-19,47,59-60,65-66,71-74,77,84H,1,11,16-17,20-46,48-53H2,2-5H3,(H,79,91)(H,80,88)(H,81,93)/t59-,60-,66-,71-,72-,73-,74+,77+/m0/s1. The molecule has 0 unspecified atom stereocenters. The molecule has 0 saturated carbocycles. The molecule has 3 aromatic rings. The predicted octanol–water partition coefficient (Wildman–Crippen LogP) is 3.04. The van der Waals surface area contributed by atoms with Gasteiger partial charge in [0.2, 0.25) is 36.0 Å². The molecule has 3 aromatic carbocycles. The Hall–Kier alpha value is -8.33. The number of esters is 4. The van der Waals surface area contributed by atoms with Crippen LogP contribution in [0.15, 0.2) is 79.4 Å². The summed E-state index contributed by atoms with van der Waals surface area (Å²) >= 11 is 0. The van der Waals surface area contributed by atoms with Gasteiger partial charge in [-0.1, -0.05) is 67.3 Å². The second kappa shape index (κ2) is 52.1. The number of benzene rings is 3. The summed E-state index contributed by atoms with van der Waals surface area (Å²) in [5.41, 5.74) is 4.64. The van der Waals surface area contributed by atoms with Crippen LogP contribution in [0.4, 0.5) is 4.79 Å². The summed E-state index contributed by atoms with van der Waals surface area (Å²) in [5.74, 6) is -5.52. The van der Waals surface area contributed by atoms with E-state index in [1.165, 1.54) is 24.3 Å². The van der Waals surface area contributed by atoms with Crippen LogP contribution in [0.5, 0.6) is 5.75 Å². The van der Waals surface area contributed by atoms with Gasteiger partial charge in [-0.05, 0) is 59.2 Å². The number of hydrogen-bond acceptors (Lipinski definition) is 29. The Morgan fingerprint density at radius 2 is 1.02 bits per heavy atom. The zero-order chi connectivity index (χ0) is 80.1. The first kappa shape index (κ1) is 90.9. The fourth-order valence-corrected chi connectivity index (χ4v) is 12.8. The van der Waals surface area contributed by atoms with Gasteiger partial charge in [-0.15, -0.1) is 0 Å². The molecule has 0 spiro atoms. The molecule has 622 valence electrons. The Labute approximate surface area is 652 Å². The summed E-state index contributed by atoms with van der Waals surface area (Å²) in [7, 11) is 1.63. The number of hydrogen-bond donors (Lipinski definition) is 4. The lowest BCUT2D eigenvalue weighted by molar-refractivity contribution is -0.282. The number of rotatable bonds is 58. The predicted molar refractivity (Wildman–Crippen MR) is 396 cm³/mol. The Bertz CT molecular complexity index is 3340. The molecule has 4 N–H and O–H groups in total. The largest absolute Gasteiger partial charge is 0.460 e. The van der Waals surface area contributed by atoms with Gasteiger partial charge in [-0.2, -0.15) is 0 Å². The molecule has 0 aromatic heterocycles. The lowest BCUT2D eigenvalue weighted by Gasteiger charge is -2.43. The monoisotopic (exact) mass is 1580 g/mol. The van der Waals surface area contributed by atoms with E-state index in [1.807, 2.05) is 48.5 Å². The Balaban J connectivity index is 0.770. The lowest BCUT2D eigenvalue weighted by Crippen LogP contribution is -2.64. The van der Waals surface area contributed by atoms with Crippen LogP contribution in [0, 0.1) is 0 Å². The molecule has 5 amide bonds. The third-order valence-corrected chi connectivity index (χ3v) is 18.0. The van der Waals surface area contributed by atoms with E-state index in [9.17, 15) is 48.3 Å². The molecule has 7 rings (SSSR count). The SMILES string of the molecule is C=CCOC(=O)[C@H]1O[C@@H](Oc2ccc(CO)cc2CNC(=O)CCNC(=O)[C@H](CCCC(=O)N2C[C@@H]3C[C@H]2CN3C(=O)CCOCCOCCOCCOCCOCCOCCOCCOCCOCCOCCOCCOC)NC(=O)OCC2c3ccccc3-c3ccccc32)[C@H](OC(C)=O)[C@@H](OC(C)=O)[C@@H]1OC(C)=O. The van der Waals surface area contributed by atoms with Gasteiger partial charge >= 0.3 is 30.0 Å². The van der Waals surface area contributed by atoms with Gasteiger partial charge in [0, 0.05) is 78.4 Å². The van der Waals surface area contributed by atoms with Crippen LogP contribution >= 0.6 is 0 Å². The maximum atomic E-state index is 14.1. The summed E-state index contributed by atoms with van der Waals surface area (Å²) in [4.78, 5) is 123. The minimum atomic E-state index is -1.79. The molecule has 112 heavy (non-hydrogen) atoms. The molecule has 1 aliphatic carbocycles. The van der Waals surface area contributed by atoms with Crippen LogP contribution in [0.25, 0.3) is 11.1 Å². The van der Waals surface area contributed by atoms with E-state index in [-0.39, 0.29) is 106 Å². The molecule has 2 bridgehead atoms. The summed E-state index contributed by atoms with van der Waals surface area (Å²) in [6.07, 6.45) is -7.40. The van der Waals surface area contributed by atoms with Crippen LogP contribution < -0.4 is 20.7 Å². The molecular formula is C78H111N5O29. The Morgan fingerprint density at radius 1 is 0.554 bits per heavy atom. The number of piperazine rings is 1. The number of ether oxygens (including phenoxy) is 19. The molecular weight excluding hydrogens is 1470 g/mol. The average molecular weight is 1580 g/mol. The zero-order valence-corrected chi connectivity index (χ0v) is 64.6. The summed E-state index contributed by atoms with van der Waals surface area (Å²) < 4.78 is 105. The fraction of sp³-hybridized carbons (Fsp3) is 0.628. The zero-order valence-electron chi connectivity index (χ0n) is 64.6. The van der Waals surface area contributed by atoms with Crippen molar-refractivity contribution in [3.63, 3.8) is 0 Å². The molecule has 3 fully saturated rings. The number of carbonyl (C=O) groups excluding carboxylic acids is 9. The lowest BCUT2D eigenvalue weighted by atomic mass is 9.97. The molecule has 8 atom stereocenters. The second-order valence-corrected chi connectivity index (χ2v) is 26.1. The van der Waals surface area contributed by atoms with Gasteiger partial charge in [0.25, 0.3) is 0 Å². The number of aliphatic hydroxyl groups is 1. The Kier molecular flexibility index (Phi) is 42.3. The Morgan fingerprint density at radius 3 is 1.49 bits per heavy atom. The van der Waals surface area contributed by atoms with Crippen molar-refractivity contribution in [1.29, 1.82) is 0 Å². The maximum Gasteiger partial charge on any atom is 0.407 e. The van der Waals surface area contributed by atoms with Crippen molar-refractivity contribution in [3.05, 3.63) is 102 Å². The highest BCUT2D eigenvalue weighted by Crippen LogP contribution is 2.45. The number of likely N-dealkylation sites (tertiary alicyclic amines) is 2. The normalized spacial score (nSPS) is 18.4. The quantitative estimate of drug-likeness (QED) is 0.0273. The smallest absolute Gasteiger partial charge is 0.407 e. The number of alkyl carbamates (subject to hydrolysis) is 1. The van der Waals surface area contributed by atoms with E-state index >= 15 is 0 Å². The van der Waals surface area contributed by atoms with Gasteiger partial charge in [-0.3, -0.25) is 33.6 Å². The number of fused-ring (bicyclic) bond motifs is 5. The molecule has 3 aliphatic heterocycles. The van der Waals surface area contributed by atoms with Crippen LogP contribution in [-0.4, -0.2) is 309 Å². The highest BCUT2D eigenvalue weighted by atomic mass is 16.7. The first-order valence-electron chi connectivity index (χ1n) is 37.9. The van der Waals surface area contributed by atoms with E-state index < -0.39 is 85.1 Å². The number of amides is 5. The minimum Gasteiger partial charge on any atom is -0.460 e. The third kappa shape index (κ3) is 31.9.